The van der Waals surface area contributed by atoms with Crippen LogP contribution in [-0.2, 0) is 10.2 Å². The molecule has 4 nitrogen and oxygen atoms in total. The van der Waals surface area contributed by atoms with Crippen molar-refractivity contribution >= 4 is 23.7 Å². The number of rotatable bonds is 2. The molecule has 0 radical (unpaired) electrons. The average molecular weight is 272 g/mol. The van der Waals surface area contributed by atoms with Crippen LogP contribution in [0.3, 0.4) is 0 Å². The number of benzene rings is 1. The van der Waals surface area contributed by atoms with Crippen LogP contribution < -0.4 is 10.2 Å². The van der Waals surface area contributed by atoms with Gasteiger partial charge in [0.05, 0.1) is 0 Å². The van der Waals surface area contributed by atoms with Crippen molar-refractivity contribution in [2.24, 2.45) is 0 Å². The van der Waals surface area contributed by atoms with Crippen molar-refractivity contribution < 1.29 is 9.59 Å². The van der Waals surface area contributed by atoms with E-state index in [0.717, 1.165) is 16.8 Å². The second-order valence-electron chi connectivity index (χ2n) is 6.02. The lowest BCUT2D eigenvalue weighted by Gasteiger charge is -2.29. The van der Waals surface area contributed by atoms with E-state index >= 15 is 0 Å². The highest BCUT2D eigenvalue weighted by atomic mass is 16.2. The third-order valence-electron chi connectivity index (χ3n) is 3.41. The Morgan fingerprint density at radius 1 is 1.25 bits per heavy atom. The minimum atomic E-state index is -0.359. The van der Waals surface area contributed by atoms with Crippen molar-refractivity contribution in [3.8, 4) is 0 Å². The van der Waals surface area contributed by atoms with Gasteiger partial charge in [0, 0.05) is 18.7 Å². The highest BCUT2D eigenvalue weighted by Crippen LogP contribution is 2.29. The molecule has 0 aliphatic carbocycles. The lowest BCUT2D eigenvalue weighted by atomic mass is 9.85. The Morgan fingerprint density at radius 2 is 1.95 bits per heavy atom. The van der Waals surface area contributed by atoms with Crippen molar-refractivity contribution in [2.75, 3.05) is 11.4 Å². The molecule has 20 heavy (non-hydrogen) atoms. The van der Waals surface area contributed by atoms with E-state index < -0.39 is 0 Å². The highest BCUT2D eigenvalue weighted by molar-refractivity contribution is 6.05. The predicted octanol–water partition coefficient (Wildman–Crippen LogP) is 3.07. The van der Waals surface area contributed by atoms with E-state index in [1.54, 1.807) is 11.0 Å². The van der Waals surface area contributed by atoms with Gasteiger partial charge in [-0.1, -0.05) is 39.5 Å². The van der Waals surface area contributed by atoms with Gasteiger partial charge in [-0.25, -0.2) is 4.79 Å². The van der Waals surface area contributed by atoms with E-state index in [2.05, 4.69) is 38.7 Å². The summed E-state index contributed by atoms with van der Waals surface area (Å²) in [6.45, 7) is 10.6. The fraction of sp³-hybridized carbons (Fsp3) is 0.375. The molecule has 3 amide bonds. The lowest BCUT2D eigenvalue weighted by molar-refractivity contribution is -0.120. The van der Waals surface area contributed by atoms with Gasteiger partial charge in [0.25, 0.3) is 0 Å². The Bertz CT molecular complexity index is 570. The SMILES string of the molecule is C=Cc1cc(N2CCC(=O)NC2=O)cc(C(C)(C)C)c1. The molecule has 1 aliphatic heterocycles. The Morgan fingerprint density at radius 3 is 2.50 bits per heavy atom. The molecule has 1 aliphatic rings. The molecule has 1 aromatic rings. The van der Waals surface area contributed by atoms with Crippen LogP contribution in [0.4, 0.5) is 10.5 Å². The first-order valence-electron chi connectivity index (χ1n) is 6.70. The van der Waals surface area contributed by atoms with Gasteiger partial charge in [0.15, 0.2) is 0 Å². The molecule has 0 bridgehead atoms. The van der Waals surface area contributed by atoms with Gasteiger partial charge in [0.1, 0.15) is 0 Å². The van der Waals surface area contributed by atoms with Gasteiger partial charge in [0.2, 0.25) is 5.91 Å². The Hall–Kier alpha value is -2.10. The number of imide groups is 1. The Balaban J connectivity index is 2.43. The number of hydrogen-bond acceptors (Lipinski definition) is 2. The van der Waals surface area contributed by atoms with Crippen molar-refractivity contribution in [2.45, 2.75) is 32.6 Å². The van der Waals surface area contributed by atoms with Crippen LogP contribution in [-0.4, -0.2) is 18.5 Å². The van der Waals surface area contributed by atoms with E-state index in [1.165, 1.54) is 0 Å². The number of nitrogens with one attached hydrogen (secondary N) is 1. The molecule has 0 saturated carbocycles. The van der Waals surface area contributed by atoms with Crippen molar-refractivity contribution in [3.63, 3.8) is 0 Å². The summed E-state index contributed by atoms with van der Waals surface area (Å²) in [7, 11) is 0. The molecule has 1 heterocycles. The normalized spacial score (nSPS) is 16.1. The average Bonchev–Trinajstić information content (AvgIpc) is 2.37. The quantitative estimate of drug-likeness (QED) is 0.899. The molecular formula is C16H20N2O2. The highest BCUT2D eigenvalue weighted by Gasteiger charge is 2.25. The molecule has 1 saturated heterocycles. The minimum Gasteiger partial charge on any atom is -0.294 e. The van der Waals surface area contributed by atoms with E-state index in [0.29, 0.717) is 13.0 Å². The summed E-state index contributed by atoms with van der Waals surface area (Å²) in [5.74, 6) is -0.220. The number of anilines is 1. The first-order chi connectivity index (χ1) is 9.31. The summed E-state index contributed by atoms with van der Waals surface area (Å²) < 4.78 is 0. The second kappa shape index (κ2) is 5.12. The van der Waals surface area contributed by atoms with E-state index in [-0.39, 0.29) is 17.4 Å². The van der Waals surface area contributed by atoms with Gasteiger partial charge >= 0.3 is 6.03 Å². The third-order valence-corrected chi connectivity index (χ3v) is 3.41. The smallest absolute Gasteiger partial charge is 0.294 e. The number of hydrogen-bond donors (Lipinski definition) is 1. The topological polar surface area (TPSA) is 49.4 Å². The summed E-state index contributed by atoms with van der Waals surface area (Å²) in [6.07, 6.45) is 2.10. The van der Waals surface area contributed by atoms with Gasteiger partial charge in [-0.15, -0.1) is 0 Å². The number of urea groups is 1. The Labute approximate surface area is 119 Å². The van der Waals surface area contributed by atoms with Crippen LogP contribution in [0.5, 0.6) is 0 Å². The number of carbonyl (C=O) groups is 2. The van der Waals surface area contributed by atoms with Crippen LogP contribution in [0.25, 0.3) is 6.08 Å². The summed E-state index contributed by atoms with van der Waals surface area (Å²) in [5, 5.41) is 2.35. The molecule has 1 fully saturated rings. The minimum absolute atomic E-state index is 0.0180. The van der Waals surface area contributed by atoms with Gasteiger partial charge in [-0.05, 0) is 28.7 Å². The fourth-order valence-corrected chi connectivity index (χ4v) is 2.15. The zero-order chi connectivity index (χ0) is 14.9. The molecule has 0 atom stereocenters. The molecular weight excluding hydrogens is 252 g/mol. The summed E-state index contributed by atoms with van der Waals surface area (Å²) in [6, 6.07) is 5.63. The zero-order valence-electron chi connectivity index (χ0n) is 12.2. The molecule has 4 heteroatoms. The predicted molar refractivity (Wildman–Crippen MR) is 80.7 cm³/mol. The van der Waals surface area contributed by atoms with Crippen LogP contribution in [0.2, 0.25) is 0 Å². The van der Waals surface area contributed by atoms with Crippen LogP contribution in [0.1, 0.15) is 38.3 Å². The first-order valence-corrected chi connectivity index (χ1v) is 6.70. The second-order valence-corrected chi connectivity index (χ2v) is 6.02. The summed E-state index contributed by atoms with van der Waals surface area (Å²) >= 11 is 0. The number of carbonyl (C=O) groups excluding carboxylic acids is 2. The molecule has 0 aromatic heterocycles. The largest absolute Gasteiger partial charge is 0.328 e. The summed E-state index contributed by atoms with van der Waals surface area (Å²) in [4.78, 5) is 24.8. The van der Waals surface area contributed by atoms with E-state index in [9.17, 15) is 9.59 Å². The molecule has 0 spiro atoms. The van der Waals surface area contributed by atoms with E-state index in [1.807, 2.05) is 12.1 Å². The van der Waals surface area contributed by atoms with Crippen molar-refractivity contribution in [1.29, 1.82) is 0 Å². The first kappa shape index (κ1) is 14.3. The van der Waals surface area contributed by atoms with Gasteiger partial charge in [-0.3, -0.25) is 15.0 Å². The van der Waals surface area contributed by atoms with Crippen LogP contribution in [0, 0.1) is 0 Å². The number of amides is 3. The Kier molecular flexibility index (Phi) is 3.66. The standard InChI is InChI=1S/C16H20N2O2/c1-5-11-8-12(16(2,3)4)10-13(9-11)18-7-6-14(19)17-15(18)20/h5,8-10H,1,6-7H2,2-4H3,(H,17,19,20). The third kappa shape index (κ3) is 2.90. The van der Waals surface area contributed by atoms with Crippen LogP contribution in [0.15, 0.2) is 24.8 Å². The van der Waals surface area contributed by atoms with Gasteiger partial charge in [-0.2, -0.15) is 0 Å². The van der Waals surface area contributed by atoms with Crippen molar-refractivity contribution in [1.82, 2.24) is 5.32 Å². The maximum Gasteiger partial charge on any atom is 0.328 e. The molecule has 1 N–H and O–H groups in total. The van der Waals surface area contributed by atoms with Crippen LogP contribution >= 0.6 is 0 Å². The maximum atomic E-state index is 11.9. The monoisotopic (exact) mass is 272 g/mol. The maximum absolute atomic E-state index is 11.9. The fourth-order valence-electron chi connectivity index (χ4n) is 2.15. The molecule has 0 unspecified atom stereocenters. The van der Waals surface area contributed by atoms with E-state index in [4.69, 9.17) is 0 Å². The summed E-state index contributed by atoms with van der Waals surface area (Å²) in [5.41, 5.74) is 2.89. The molecule has 106 valence electrons. The lowest BCUT2D eigenvalue weighted by Crippen LogP contribution is -2.49. The number of nitrogens with zero attached hydrogens (tertiary/aromatic N) is 1. The molecule has 2 rings (SSSR count). The van der Waals surface area contributed by atoms with Crippen molar-refractivity contribution in [3.05, 3.63) is 35.9 Å². The zero-order valence-corrected chi connectivity index (χ0v) is 12.2. The van der Waals surface area contributed by atoms with Gasteiger partial charge < -0.3 is 0 Å². The molecule has 1 aromatic carbocycles.